The Bertz CT molecular complexity index is 1450. The molecule has 3 aliphatic rings. The third kappa shape index (κ3) is 9.68. The monoisotopic (exact) mass is 668 g/mol. The van der Waals surface area contributed by atoms with E-state index in [4.69, 9.17) is 15.6 Å². The van der Waals surface area contributed by atoms with Crippen LogP contribution in [0.2, 0.25) is 0 Å². The normalized spacial score (nSPS) is 17.4. The molecule has 260 valence electrons. The molecular weight excluding hydrogens is 624 g/mol. The summed E-state index contributed by atoms with van der Waals surface area (Å²) in [5.74, 6) is -1.45. The number of aromatic nitrogens is 2. The predicted octanol–water partition coefficient (Wildman–Crippen LogP) is 0.735. The van der Waals surface area contributed by atoms with E-state index < -0.39 is 18.0 Å². The van der Waals surface area contributed by atoms with Crippen molar-refractivity contribution in [1.82, 2.24) is 35.1 Å². The third-order valence-corrected chi connectivity index (χ3v) is 8.38. The molecule has 3 fully saturated rings. The Morgan fingerprint density at radius 2 is 1.62 bits per heavy atom. The average Bonchev–Trinajstić information content (AvgIpc) is 3.73. The maximum Gasteiger partial charge on any atom is 0.407 e. The molecule has 5 rings (SSSR count). The Kier molecular flexibility index (Phi) is 12.7. The van der Waals surface area contributed by atoms with Crippen LogP contribution in [0.25, 0.3) is 5.69 Å². The summed E-state index contributed by atoms with van der Waals surface area (Å²) < 4.78 is 7.26. The highest BCUT2D eigenvalue weighted by Crippen LogP contribution is 2.23. The minimum Gasteiger partial charge on any atom is -0.467 e. The first-order valence-corrected chi connectivity index (χ1v) is 16.3. The van der Waals surface area contributed by atoms with E-state index in [1.165, 1.54) is 20.5 Å². The van der Waals surface area contributed by atoms with Gasteiger partial charge in [-0.25, -0.2) is 9.48 Å². The number of para-hydroxylation sites is 1. The Morgan fingerprint density at radius 1 is 0.938 bits per heavy atom. The second kappa shape index (κ2) is 17.1. The molecule has 6 amide bonds. The summed E-state index contributed by atoms with van der Waals surface area (Å²) in [4.78, 5) is 76.6. The van der Waals surface area contributed by atoms with Gasteiger partial charge in [0.05, 0.1) is 12.2 Å². The van der Waals surface area contributed by atoms with Gasteiger partial charge in [-0.15, -0.1) is 0 Å². The third-order valence-electron chi connectivity index (χ3n) is 8.38. The number of primary amides is 1. The van der Waals surface area contributed by atoms with Crippen LogP contribution in [0.15, 0.2) is 36.4 Å². The predicted molar refractivity (Wildman–Crippen MR) is 172 cm³/mol. The Labute approximate surface area is 278 Å². The van der Waals surface area contributed by atoms with Gasteiger partial charge in [-0.1, -0.05) is 25.1 Å². The Balaban J connectivity index is 0.000000794. The molecule has 5 N–H and O–H groups in total. The van der Waals surface area contributed by atoms with Gasteiger partial charge in [-0.05, 0) is 50.7 Å². The second-order valence-electron chi connectivity index (χ2n) is 11.8. The molecule has 1 aromatic carbocycles. The smallest absolute Gasteiger partial charge is 0.407 e. The van der Waals surface area contributed by atoms with Gasteiger partial charge < -0.3 is 40.9 Å². The number of nitrogens with two attached hydrogens (primary N) is 1. The highest BCUT2D eigenvalue weighted by molar-refractivity contribution is 5.95. The minimum absolute atomic E-state index is 0.0104. The van der Waals surface area contributed by atoms with Crippen LogP contribution in [-0.4, -0.2) is 123 Å². The number of hydrogen-bond acceptors (Lipinski definition) is 8. The second-order valence-corrected chi connectivity index (χ2v) is 11.8. The first kappa shape index (κ1) is 35.7. The van der Waals surface area contributed by atoms with Crippen molar-refractivity contribution in [2.75, 3.05) is 45.9 Å². The number of likely N-dealkylation sites (tertiary alicyclic amines) is 1. The first-order chi connectivity index (χ1) is 23.1. The fraction of sp³-hybridized carbons (Fsp3) is 0.531. The average molecular weight is 669 g/mol. The molecule has 1 saturated carbocycles. The van der Waals surface area contributed by atoms with Gasteiger partial charge in [-0.2, -0.15) is 5.10 Å². The standard InChI is InChI=1S/C28H35N7O7.C4H9NO/c36-23(32-12-14-33(15-13-32)28(40)41)17-29-26(38)21-16-25(35(31-21)20-8-2-1-3-9-20)42-18-24(37)34-11-5-10-22(34)27(39)30-19-6-4-7-19;1-2-3-4(5)6/h1-3,8-9,16,19,22H,4-7,10-15,17-18H2,(H,29,38)(H,30,39)(H,40,41);2-3H2,1H3,(H2,5,6)/t22-;/m0./s1. The number of nitrogens with zero attached hydrogens (tertiary/aromatic N) is 5. The first-order valence-electron chi connectivity index (χ1n) is 16.3. The van der Waals surface area contributed by atoms with Crippen molar-refractivity contribution in [2.24, 2.45) is 5.73 Å². The van der Waals surface area contributed by atoms with Crippen LogP contribution in [0.5, 0.6) is 5.88 Å². The van der Waals surface area contributed by atoms with Crippen LogP contribution in [0.4, 0.5) is 4.79 Å². The molecule has 0 radical (unpaired) electrons. The number of rotatable bonds is 11. The SMILES string of the molecule is CCCC(N)=O.O=C(NCC(=O)N1CCN(C(=O)O)CC1)c1cc(OCC(=O)N2CCC[C@H]2C(=O)NC2CCC2)n(-c2ccccc2)n1. The lowest BCUT2D eigenvalue weighted by atomic mass is 9.93. The van der Waals surface area contributed by atoms with Crippen LogP contribution in [0.1, 0.15) is 62.4 Å². The van der Waals surface area contributed by atoms with Gasteiger partial charge >= 0.3 is 6.09 Å². The van der Waals surface area contributed by atoms with Crippen LogP contribution < -0.4 is 21.1 Å². The number of benzene rings is 1. The Morgan fingerprint density at radius 3 is 2.21 bits per heavy atom. The molecule has 48 heavy (non-hydrogen) atoms. The number of hydrogen-bond donors (Lipinski definition) is 4. The van der Waals surface area contributed by atoms with Gasteiger partial charge in [0.15, 0.2) is 12.3 Å². The fourth-order valence-electron chi connectivity index (χ4n) is 5.49. The number of piperazine rings is 1. The maximum atomic E-state index is 13.1. The fourth-order valence-corrected chi connectivity index (χ4v) is 5.49. The van der Waals surface area contributed by atoms with E-state index in [1.54, 1.807) is 29.2 Å². The number of amides is 6. The highest BCUT2D eigenvalue weighted by atomic mass is 16.5. The van der Waals surface area contributed by atoms with Crippen molar-refractivity contribution in [3.63, 3.8) is 0 Å². The summed E-state index contributed by atoms with van der Waals surface area (Å²) in [5.41, 5.74) is 5.36. The molecule has 3 heterocycles. The number of carbonyl (C=O) groups excluding carboxylic acids is 5. The molecule has 2 aromatic rings. The van der Waals surface area contributed by atoms with Crippen molar-refractivity contribution >= 4 is 35.6 Å². The topological polar surface area (TPSA) is 209 Å². The lowest BCUT2D eigenvalue weighted by Crippen LogP contribution is -2.52. The van der Waals surface area contributed by atoms with Crippen molar-refractivity contribution < 1.29 is 38.6 Å². The molecule has 2 aliphatic heterocycles. The highest BCUT2D eigenvalue weighted by Gasteiger charge is 2.36. The van der Waals surface area contributed by atoms with Crippen LogP contribution in [-0.2, 0) is 19.2 Å². The molecule has 0 bridgehead atoms. The number of carboxylic acid groups (broad SMARTS) is 1. The van der Waals surface area contributed by atoms with Gasteiger partial charge in [0.25, 0.3) is 11.8 Å². The quantitative estimate of drug-likeness (QED) is 0.266. The van der Waals surface area contributed by atoms with Crippen molar-refractivity contribution in [2.45, 2.75) is 64.0 Å². The number of ether oxygens (including phenoxy) is 1. The van der Waals surface area contributed by atoms with E-state index >= 15 is 0 Å². The summed E-state index contributed by atoms with van der Waals surface area (Å²) in [7, 11) is 0. The molecular formula is C32H44N8O8. The van der Waals surface area contributed by atoms with Gasteiger partial charge in [-0.3, -0.25) is 24.0 Å². The Hall–Kier alpha value is -5.15. The molecule has 2 saturated heterocycles. The maximum absolute atomic E-state index is 13.1. The van der Waals surface area contributed by atoms with Crippen molar-refractivity contribution in [1.29, 1.82) is 0 Å². The molecule has 0 spiro atoms. The van der Waals surface area contributed by atoms with Crippen LogP contribution in [0.3, 0.4) is 0 Å². The largest absolute Gasteiger partial charge is 0.467 e. The summed E-state index contributed by atoms with van der Waals surface area (Å²) in [6.45, 7) is 2.68. The number of nitrogens with one attached hydrogen (secondary N) is 2. The van der Waals surface area contributed by atoms with E-state index in [0.29, 0.717) is 25.1 Å². The van der Waals surface area contributed by atoms with E-state index in [9.17, 15) is 28.8 Å². The summed E-state index contributed by atoms with van der Waals surface area (Å²) in [5, 5.41) is 19.0. The molecule has 1 atom stereocenters. The molecule has 0 unspecified atom stereocenters. The van der Waals surface area contributed by atoms with E-state index in [2.05, 4.69) is 15.7 Å². The molecule has 1 aromatic heterocycles. The lowest BCUT2D eigenvalue weighted by molar-refractivity contribution is -0.140. The van der Waals surface area contributed by atoms with Crippen molar-refractivity contribution in [3.8, 4) is 11.6 Å². The summed E-state index contributed by atoms with van der Waals surface area (Å²) >= 11 is 0. The van der Waals surface area contributed by atoms with Gasteiger partial charge in [0, 0.05) is 51.3 Å². The zero-order valence-electron chi connectivity index (χ0n) is 27.1. The lowest BCUT2D eigenvalue weighted by Gasteiger charge is -2.33. The molecule has 16 nitrogen and oxygen atoms in total. The van der Waals surface area contributed by atoms with E-state index in [1.807, 2.05) is 13.0 Å². The van der Waals surface area contributed by atoms with Crippen LogP contribution in [0, 0.1) is 0 Å². The number of carbonyl (C=O) groups is 6. The molecule has 16 heteroatoms. The van der Waals surface area contributed by atoms with Gasteiger partial charge in [0.1, 0.15) is 6.04 Å². The van der Waals surface area contributed by atoms with Crippen molar-refractivity contribution in [3.05, 3.63) is 42.1 Å². The minimum atomic E-state index is -1.03. The molecule has 1 aliphatic carbocycles. The summed E-state index contributed by atoms with van der Waals surface area (Å²) in [6.07, 6.45) is 4.70. The summed E-state index contributed by atoms with van der Waals surface area (Å²) in [6, 6.07) is 10.0. The van der Waals surface area contributed by atoms with E-state index in [-0.39, 0.29) is 80.6 Å². The zero-order chi connectivity index (χ0) is 34.6. The zero-order valence-corrected chi connectivity index (χ0v) is 27.1. The van der Waals surface area contributed by atoms with E-state index in [0.717, 1.165) is 32.1 Å². The van der Waals surface area contributed by atoms with Gasteiger partial charge in [0.2, 0.25) is 23.6 Å². The van der Waals surface area contributed by atoms with Crippen LogP contribution >= 0.6 is 0 Å².